The number of hydrogen-bond acceptors (Lipinski definition) is 8. The van der Waals surface area contributed by atoms with Gasteiger partial charge in [-0.3, -0.25) is 9.88 Å². The molecule has 0 spiro atoms. The van der Waals surface area contributed by atoms with Gasteiger partial charge in [0.05, 0.1) is 10.9 Å². The number of rotatable bonds is 6. The summed E-state index contributed by atoms with van der Waals surface area (Å²) in [4.78, 5) is 19.5. The maximum absolute atomic E-state index is 16.9. The molecule has 0 amide bonds. The van der Waals surface area contributed by atoms with Crippen LogP contribution in [-0.4, -0.2) is 74.9 Å². The normalized spacial score (nSPS) is 29.2. The zero-order valence-electron chi connectivity index (χ0n) is 25.9. The van der Waals surface area contributed by atoms with Gasteiger partial charge in [-0.25, -0.2) is 4.39 Å². The highest BCUT2D eigenvalue weighted by molar-refractivity contribution is 6.01. The zero-order valence-corrected chi connectivity index (χ0v) is 25.9. The molecule has 2 N–H and O–H groups in total. The Morgan fingerprint density at radius 3 is 2.80 bits per heavy atom. The molecule has 2 unspecified atom stereocenters. The van der Waals surface area contributed by atoms with E-state index in [1.165, 1.54) is 32.1 Å². The van der Waals surface area contributed by atoms with Gasteiger partial charge in [0.2, 0.25) is 0 Å². The zero-order chi connectivity index (χ0) is 30.3. The smallest absolute Gasteiger partial charge is 0.319 e. The molecule has 4 aromatic rings. The van der Waals surface area contributed by atoms with Crippen molar-refractivity contribution in [3.8, 4) is 23.0 Å². The maximum atomic E-state index is 16.9. The summed E-state index contributed by atoms with van der Waals surface area (Å²) in [5.74, 6) is 1.03. The average Bonchev–Trinajstić information content (AvgIpc) is 3.81. The van der Waals surface area contributed by atoms with Crippen molar-refractivity contribution in [1.82, 2.24) is 25.2 Å². The first kappa shape index (κ1) is 27.7. The third-order valence-corrected chi connectivity index (χ3v) is 11.6. The van der Waals surface area contributed by atoms with Gasteiger partial charge >= 0.3 is 6.01 Å². The molecule has 2 bridgehead atoms. The van der Waals surface area contributed by atoms with Gasteiger partial charge < -0.3 is 20.1 Å². The number of aromatic hydroxyl groups is 1. The van der Waals surface area contributed by atoms with E-state index in [-0.39, 0.29) is 28.5 Å². The van der Waals surface area contributed by atoms with Gasteiger partial charge in [-0.1, -0.05) is 31.5 Å². The molecule has 9 heteroatoms. The number of anilines is 1. The Morgan fingerprint density at radius 2 is 1.96 bits per heavy atom. The molecule has 5 atom stereocenters. The lowest BCUT2D eigenvalue weighted by Crippen LogP contribution is -2.51. The fraction of sp³-hybridized carbons (Fsp3) is 0.528. The first-order chi connectivity index (χ1) is 22.0. The van der Waals surface area contributed by atoms with Crippen molar-refractivity contribution in [3.05, 3.63) is 47.9 Å². The van der Waals surface area contributed by atoms with Crippen LogP contribution in [0.2, 0.25) is 0 Å². The summed E-state index contributed by atoms with van der Waals surface area (Å²) < 4.78 is 23.5. The van der Waals surface area contributed by atoms with E-state index in [0.717, 1.165) is 67.6 Å². The number of hydrogen-bond donors (Lipinski definition) is 2. The Kier molecular flexibility index (Phi) is 6.46. The van der Waals surface area contributed by atoms with Crippen LogP contribution < -0.4 is 15.0 Å². The first-order valence-corrected chi connectivity index (χ1v) is 17.0. The fourth-order valence-corrected chi connectivity index (χ4v) is 9.72. The van der Waals surface area contributed by atoms with Crippen molar-refractivity contribution in [1.29, 1.82) is 0 Å². The van der Waals surface area contributed by atoms with Crippen LogP contribution in [0.5, 0.6) is 11.8 Å². The van der Waals surface area contributed by atoms with E-state index in [1.807, 2.05) is 12.1 Å². The highest BCUT2D eigenvalue weighted by Gasteiger charge is 2.55. The number of pyridine rings is 1. The van der Waals surface area contributed by atoms with E-state index in [0.29, 0.717) is 41.5 Å². The van der Waals surface area contributed by atoms with Crippen molar-refractivity contribution >= 4 is 27.5 Å². The van der Waals surface area contributed by atoms with Gasteiger partial charge in [0.15, 0.2) is 5.82 Å². The summed E-state index contributed by atoms with van der Waals surface area (Å²) in [5.41, 5.74) is 2.09. The van der Waals surface area contributed by atoms with E-state index in [1.54, 1.807) is 18.3 Å². The fourth-order valence-electron chi connectivity index (χ4n) is 9.72. The molecular formula is C36H41FN6O2. The number of aromatic nitrogens is 3. The Hall–Kier alpha value is -3.56. The third-order valence-electron chi connectivity index (χ3n) is 11.6. The van der Waals surface area contributed by atoms with Crippen molar-refractivity contribution in [2.45, 2.75) is 88.4 Å². The predicted octanol–water partition coefficient (Wildman–Crippen LogP) is 5.98. The van der Waals surface area contributed by atoms with Crippen molar-refractivity contribution < 1.29 is 14.2 Å². The SMILES string of the molecule is CCc1cccc2cc(O)cc(-c3ncc4c(N5CC6CCC(C5)N6)nc(OC[C@@]56CCCN5[C@H]5CCC[C@H]5C6)nc4c3F)c12. The predicted molar refractivity (Wildman–Crippen MR) is 173 cm³/mol. The number of benzene rings is 2. The molecule has 45 heavy (non-hydrogen) atoms. The highest BCUT2D eigenvalue weighted by Crippen LogP contribution is 2.51. The van der Waals surface area contributed by atoms with E-state index in [2.05, 4.69) is 28.1 Å². The molecule has 8 nitrogen and oxygen atoms in total. The summed E-state index contributed by atoms with van der Waals surface area (Å²) in [6.07, 6.45) is 12.2. The second-order valence-electron chi connectivity index (χ2n) is 14.2. The second kappa shape index (κ2) is 10.5. The quantitative estimate of drug-likeness (QED) is 0.277. The summed E-state index contributed by atoms with van der Waals surface area (Å²) in [5, 5.41) is 16.7. The monoisotopic (exact) mass is 608 g/mol. The van der Waals surface area contributed by atoms with Crippen molar-refractivity contribution in [3.63, 3.8) is 0 Å². The number of piperazine rings is 1. The molecular weight excluding hydrogens is 567 g/mol. The molecule has 9 rings (SSSR count). The highest BCUT2D eigenvalue weighted by atomic mass is 19.1. The number of aryl methyl sites for hydroxylation is 1. The van der Waals surface area contributed by atoms with Crippen LogP contribution in [0.3, 0.4) is 0 Å². The van der Waals surface area contributed by atoms with Gasteiger partial charge in [-0.15, -0.1) is 0 Å². The van der Waals surface area contributed by atoms with Crippen LogP contribution in [0.25, 0.3) is 32.9 Å². The van der Waals surface area contributed by atoms with E-state index in [9.17, 15) is 5.11 Å². The van der Waals surface area contributed by atoms with Crippen molar-refractivity contribution in [2.24, 2.45) is 5.92 Å². The van der Waals surface area contributed by atoms with Gasteiger partial charge in [0, 0.05) is 43.0 Å². The lowest BCUT2D eigenvalue weighted by Gasteiger charge is -2.35. The van der Waals surface area contributed by atoms with Crippen LogP contribution >= 0.6 is 0 Å². The topological polar surface area (TPSA) is 86.6 Å². The Balaban J connectivity index is 1.16. The van der Waals surface area contributed by atoms with Crippen molar-refractivity contribution in [2.75, 3.05) is 31.1 Å². The summed E-state index contributed by atoms with van der Waals surface area (Å²) in [6.45, 7) is 5.38. The van der Waals surface area contributed by atoms with E-state index < -0.39 is 5.82 Å². The lowest BCUT2D eigenvalue weighted by atomic mass is 9.90. The number of halogens is 1. The lowest BCUT2D eigenvalue weighted by molar-refractivity contribution is 0.0832. The van der Waals surface area contributed by atoms with Crippen LogP contribution in [0, 0.1) is 11.7 Å². The minimum absolute atomic E-state index is 0.0291. The standard InChI is InChI=1S/C36H41FN6O2/c1-2-21-6-3-7-22-14-26(44)15-27(30(21)22)32-31(37)33-28(17-38-32)34(42-18-24-10-11-25(19-42)39-24)41-35(40-33)45-20-36-12-5-13-43(36)29-9-4-8-23(29)16-36/h3,6-7,14-15,17,23-25,29,39,44H,2,4-5,8-13,16,18-20H2,1H3/t23-,24?,25?,29-,36-/m0/s1. The van der Waals surface area contributed by atoms with Crippen LogP contribution in [-0.2, 0) is 6.42 Å². The molecule has 1 aliphatic carbocycles. The maximum Gasteiger partial charge on any atom is 0.319 e. The number of phenols is 1. The second-order valence-corrected chi connectivity index (χ2v) is 14.2. The Bertz CT molecular complexity index is 1800. The molecule has 6 heterocycles. The molecule has 5 aliphatic rings. The third kappa shape index (κ3) is 4.41. The molecule has 2 aromatic carbocycles. The molecule has 234 valence electrons. The number of ether oxygens (including phenoxy) is 1. The molecule has 1 saturated carbocycles. The molecule has 5 fully saturated rings. The van der Waals surface area contributed by atoms with Gasteiger partial charge in [0.25, 0.3) is 0 Å². The molecule has 4 saturated heterocycles. The number of phenolic OH excluding ortho intramolecular Hbond substituents is 1. The largest absolute Gasteiger partial charge is 0.508 e. The first-order valence-electron chi connectivity index (χ1n) is 17.0. The number of nitrogens with zero attached hydrogens (tertiary/aromatic N) is 5. The summed E-state index contributed by atoms with van der Waals surface area (Å²) >= 11 is 0. The van der Waals surface area contributed by atoms with E-state index in [4.69, 9.17) is 19.7 Å². The van der Waals surface area contributed by atoms with Gasteiger partial charge in [-0.2, -0.15) is 9.97 Å². The minimum Gasteiger partial charge on any atom is -0.508 e. The Labute approximate surface area is 263 Å². The molecule has 4 aliphatic heterocycles. The minimum atomic E-state index is -0.507. The number of fused-ring (bicyclic) bond motifs is 7. The van der Waals surface area contributed by atoms with Crippen LogP contribution in [0.4, 0.5) is 10.2 Å². The summed E-state index contributed by atoms with van der Waals surface area (Å²) in [6, 6.07) is 11.0. The van der Waals surface area contributed by atoms with Crippen LogP contribution in [0.1, 0.15) is 63.9 Å². The van der Waals surface area contributed by atoms with Gasteiger partial charge in [0.1, 0.15) is 29.4 Å². The summed E-state index contributed by atoms with van der Waals surface area (Å²) in [7, 11) is 0. The molecule has 2 aromatic heterocycles. The Morgan fingerprint density at radius 1 is 1.09 bits per heavy atom. The number of nitrogens with one attached hydrogen (secondary N) is 1. The average molecular weight is 609 g/mol. The van der Waals surface area contributed by atoms with E-state index >= 15 is 4.39 Å². The van der Waals surface area contributed by atoms with Crippen LogP contribution in [0.15, 0.2) is 36.5 Å². The van der Waals surface area contributed by atoms with Gasteiger partial charge in [-0.05, 0) is 92.3 Å². The molecule has 0 radical (unpaired) electrons.